The van der Waals surface area contributed by atoms with E-state index in [9.17, 15) is 28.5 Å². The Labute approximate surface area is 133 Å². The van der Waals surface area contributed by atoms with Gasteiger partial charge in [-0.25, -0.2) is 0 Å². The van der Waals surface area contributed by atoms with Gasteiger partial charge in [0.25, 0.3) is 0 Å². The van der Waals surface area contributed by atoms with Crippen LogP contribution in [0.1, 0.15) is 43.0 Å². The van der Waals surface area contributed by atoms with Crippen molar-refractivity contribution in [2.75, 3.05) is 0 Å². The minimum atomic E-state index is -4.89. The number of aromatic hydroxyl groups is 2. The zero-order chi connectivity index (χ0) is 18.2. The Kier molecular flexibility index (Phi) is 5.21. The monoisotopic (exact) mass is 330 g/mol. The Morgan fingerprint density at radius 1 is 1.13 bits per heavy atom. The normalized spacial score (nSPS) is 13.3. The van der Waals surface area contributed by atoms with Crippen LogP contribution in [0.2, 0.25) is 0 Å². The van der Waals surface area contributed by atoms with Crippen LogP contribution >= 0.6 is 0 Å². The lowest BCUT2D eigenvalue weighted by molar-refractivity contribution is -0.140. The number of aliphatic hydroxyl groups is 1. The van der Waals surface area contributed by atoms with Crippen molar-refractivity contribution in [1.29, 1.82) is 0 Å². The number of allylic oxidation sites excluding steroid dienone is 3. The summed E-state index contributed by atoms with van der Waals surface area (Å²) in [6.45, 7) is 9.02. The van der Waals surface area contributed by atoms with Crippen LogP contribution < -0.4 is 0 Å². The van der Waals surface area contributed by atoms with Crippen LogP contribution in [0.4, 0.5) is 13.2 Å². The first-order valence-electron chi connectivity index (χ1n) is 6.96. The number of hydrogen-bond donors (Lipinski definition) is 3. The Morgan fingerprint density at radius 2 is 1.65 bits per heavy atom. The molecule has 0 aliphatic carbocycles. The number of rotatable bonds is 4. The van der Waals surface area contributed by atoms with Crippen LogP contribution in [0.15, 0.2) is 24.3 Å². The molecule has 0 amide bonds. The van der Waals surface area contributed by atoms with Crippen molar-refractivity contribution < 1.29 is 28.5 Å². The molecule has 1 rings (SSSR count). The molecule has 3 N–H and O–H groups in total. The van der Waals surface area contributed by atoms with Crippen molar-refractivity contribution in [3.63, 3.8) is 0 Å². The average Bonchev–Trinajstić information content (AvgIpc) is 2.40. The van der Waals surface area contributed by atoms with E-state index in [1.54, 1.807) is 32.9 Å². The molecule has 0 atom stereocenters. The molecule has 0 aromatic heterocycles. The molecule has 1 aromatic carbocycles. The summed E-state index contributed by atoms with van der Waals surface area (Å²) >= 11 is 0. The predicted octanol–water partition coefficient (Wildman–Crippen LogP) is 4.33. The maximum absolute atomic E-state index is 13.1. The van der Waals surface area contributed by atoms with Crippen LogP contribution in [-0.2, 0) is 18.2 Å². The second-order valence-electron chi connectivity index (χ2n) is 6.02. The molecular weight excluding hydrogens is 309 g/mol. The molecule has 0 bridgehead atoms. The zero-order valence-electron chi connectivity index (χ0n) is 13.5. The largest absolute Gasteiger partial charge is 0.507 e. The maximum Gasteiger partial charge on any atom is 0.420 e. The van der Waals surface area contributed by atoms with E-state index < -0.39 is 40.8 Å². The number of benzene rings is 1. The molecule has 23 heavy (non-hydrogen) atoms. The summed E-state index contributed by atoms with van der Waals surface area (Å²) in [4.78, 5) is 0. The van der Waals surface area contributed by atoms with E-state index in [2.05, 4.69) is 6.58 Å². The van der Waals surface area contributed by atoms with Crippen LogP contribution in [-0.4, -0.2) is 15.3 Å². The summed E-state index contributed by atoms with van der Waals surface area (Å²) in [6, 6.07) is 0. The summed E-state index contributed by atoms with van der Waals surface area (Å²) in [5.41, 5.74) is -2.19. The highest BCUT2D eigenvalue weighted by atomic mass is 19.4. The van der Waals surface area contributed by atoms with Gasteiger partial charge in [-0.15, -0.1) is 0 Å². The molecule has 0 unspecified atom stereocenters. The number of alkyl halides is 3. The third kappa shape index (κ3) is 3.52. The van der Waals surface area contributed by atoms with Gasteiger partial charge in [-0.2, -0.15) is 13.2 Å². The molecule has 1 aromatic rings. The van der Waals surface area contributed by atoms with Crippen LogP contribution in [0.5, 0.6) is 11.5 Å². The Morgan fingerprint density at radius 3 is 2.04 bits per heavy atom. The van der Waals surface area contributed by atoms with Gasteiger partial charge in [0.2, 0.25) is 0 Å². The average molecular weight is 330 g/mol. The lowest BCUT2D eigenvalue weighted by Crippen LogP contribution is -2.20. The van der Waals surface area contributed by atoms with Gasteiger partial charge in [0.1, 0.15) is 17.1 Å². The fourth-order valence-electron chi connectivity index (χ4n) is 2.84. The summed E-state index contributed by atoms with van der Waals surface area (Å²) in [5.74, 6) is -1.64. The smallest absolute Gasteiger partial charge is 0.420 e. The minimum Gasteiger partial charge on any atom is -0.507 e. The number of hydrogen-bond acceptors (Lipinski definition) is 3. The highest BCUT2D eigenvalue weighted by Crippen LogP contribution is 2.49. The molecule has 0 fully saturated rings. The molecule has 6 heteroatoms. The first-order valence-corrected chi connectivity index (χ1v) is 6.96. The fraction of sp³-hybridized carbons (Fsp3) is 0.412. The Balaban J connectivity index is 3.86. The predicted molar refractivity (Wildman–Crippen MR) is 82.4 cm³/mol. The third-order valence-electron chi connectivity index (χ3n) is 3.79. The van der Waals surface area contributed by atoms with E-state index in [0.717, 1.165) is 5.57 Å². The highest BCUT2D eigenvalue weighted by molar-refractivity contribution is 5.61. The number of halogens is 3. The lowest BCUT2D eigenvalue weighted by atomic mass is 9.77. The summed E-state index contributed by atoms with van der Waals surface area (Å²) < 4.78 is 39.4. The van der Waals surface area contributed by atoms with Crippen molar-refractivity contribution >= 4 is 0 Å². The summed E-state index contributed by atoms with van der Waals surface area (Å²) in [6.07, 6.45) is -1.60. The molecular formula is C17H21F3O3. The van der Waals surface area contributed by atoms with Gasteiger partial charge in [0.05, 0.1) is 6.61 Å². The number of phenols is 2. The third-order valence-corrected chi connectivity index (χ3v) is 3.79. The van der Waals surface area contributed by atoms with Crippen molar-refractivity contribution in [3.05, 3.63) is 46.6 Å². The summed E-state index contributed by atoms with van der Waals surface area (Å²) in [5, 5.41) is 29.6. The molecule has 0 aliphatic rings. The van der Waals surface area contributed by atoms with E-state index in [1.165, 1.54) is 6.92 Å². The second kappa shape index (κ2) is 6.28. The van der Waals surface area contributed by atoms with Crippen LogP contribution in [0.3, 0.4) is 0 Å². The first-order chi connectivity index (χ1) is 10.4. The molecule has 0 radical (unpaired) electrons. The quantitative estimate of drug-likeness (QED) is 0.569. The highest BCUT2D eigenvalue weighted by Gasteiger charge is 2.41. The first kappa shape index (κ1) is 19.1. The molecule has 3 nitrogen and oxygen atoms in total. The van der Waals surface area contributed by atoms with Crippen LogP contribution in [0.25, 0.3) is 0 Å². The lowest BCUT2D eigenvalue weighted by Gasteiger charge is -2.29. The van der Waals surface area contributed by atoms with E-state index in [1.807, 2.05) is 0 Å². The SMILES string of the molecule is C=C/C(C)=C/C(C)(C)c1c(C)c(O)c(C(F)(F)F)c(CO)c1O. The van der Waals surface area contributed by atoms with E-state index >= 15 is 0 Å². The van der Waals surface area contributed by atoms with Gasteiger partial charge < -0.3 is 15.3 Å². The topological polar surface area (TPSA) is 60.7 Å². The second-order valence-corrected chi connectivity index (χ2v) is 6.02. The van der Waals surface area contributed by atoms with Gasteiger partial charge >= 0.3 is 6.18 Å². The Hall–Kier alpha value is -1.95. The molecule has 0 saturated heterocycles. The van der Waals surface area contributed by atoms with Crippen molar-refractivity contribution in [2.45, 2.75) is 45.9 Å². The standard InChI is InChI=1S/C17H21F3O3/c1-6-9(2)7-16(4,5)12-10(3)14(22)13(17(18,19)20)11(8-21)15(12)23/h6-7,21-23H,1,8H2,2-5H3/b9-7+. The van der Waals surface area contributed by atoms with Crippen molar-refractivity contribution in [3.8, 4) is 11.5 Å². The summed E-state index contributed by atoms with van der Waals surface area (Å²) in [7, 11) is 0. The molecule has 0 saturated carbocycles. The van der Waals surface area contributed by atoms with Crippen molar-refractivity contribution in [1.82, 2.24) is 0 Å². The maximum atomic E-state index is 13.1. The van der Waals surface area contributed by atoms with E-state index in [-0.39, 0.29) is 11.1 Å². The molecule has 0 aliphatic heterocycles. The minimum absolute atomic E-state index is 0.0786. The Bertz CT molecular complexity index is 656. The van der Waals surface area contributed by atoms with Gasteiger partial charge in [0, 0.05) is 16.5 Å². The number of phenolic OH excluding ortho intramolecular Hbond substituents is 1. The van der Waals surface area contributed by atoms with Gasteiger partial charge in [-0.05, 0) is 19.4 Å². The molecule has 0 spiro atoms. The van der Waals surface area contributed by atoms with Crippen molar-refractivity contribution in [2.24, 2.45) is 0 Å². The van der Waals surface area contributed by atoms with Gasteiger partial charge in [0.15, 0.2) is 0 Å². The number of aliphatic hydroxyl groups excluding tert-OH is 1. The van der Waals surface area contributed by atoms with Crippen LogP contribution in [0, 0.1) is 6.92 Å². The van der Waals surface area contributed by atoms with Gasteiger partial charge in [-0.3, -0.25) is 0 Å². The molecule has 128 valence electrons. The van der Waals surface area contributed by atoms with E-state index in [4.69, 9.17) is 0 Å². The van der Waals surface area contributed by atoms with E-state index in [0.29, 0.717) is 0 Å². The fourth-order valence-corrected chi connectivity index (χ4v) is 2.84. The zero-order valence-corrected chi connectivity index (χ0v) is 13.5. The van der Waals surface area contributed by atoms with Gasteiger partial charge in [-0.1, -0.05) is 38.2 Å². The molecule has 0 heterocycles.